The van der Waals surface area contributed by atoms with E-state index in [2.05, 4.69) is 36.1 Å². The van der Waals surface area contributed by atoms with Crippen LogP contribution in [0.3, 0.4) is 0 Å². The van der Waals surface area contributed by atoms with Crippen LogP contribution in [0, 0.1) is 5.92 Å². The number of piperidine rings is 1. The Balaban J connectivity index is 1.47. The van der Waals surface area contributed by atoms with Crippen LogP contribution in [0.2, 0.25) is 0 Å². The fourth-order valence-electron chi connectivity index (χ4n) is 3.50. The SMILES string of the molecule is CC(C)c1ccc(-c2noc([C@@H]3CCCN(C(=O)C4CC4)C3)n2)cc1. The van der Waals surface area contributed by atoms with Crippen LogP contribution in [0.15, 0.2) is 28.8 Å². The molecule has 4 rings (SSSR count). The smallest absolute Gasteiger partial charge is 0.231 e. The Morgan fingerprint density at radius 1 is 1.20 bits per heavy atom. The topological polar surface area (TPSA) is 59.2 Å². The molecule has 1 atom stereocenters. The van der Waals surface area contributed by atoms with E-state index in [-0.39, 0.29) is 11.8 Å². The summed E-state index contributed by atoms with van der Waals surface area (Å²) in [7, 11) is 0. The number of hydrogen-bond donors (Lipinski definition) is 0. The maximum Gasteiger partial charge on any atom is 0.231 e. The molecule has 5 heteroatoms. The van der Waals surface area contributed by atoms with Crippen molar-refractivity contribution in [3.8, 4) is 11.4 Å². The highest BCUT2D eigenvalue weighted by Crippen LogP contribution is 2.34. The third-order valence-electron chi connectivity index (χ3n) is 5.29. The largest absolute Gasteiger partial charge is 0.342 e. The molecular formula is C20H25N3O2. The van der Waals surface area contributed by atoms with Gasteiger partial charge in [-0.05, 0) is 37.2 Å². The van der Waals surface area contributed by atoms with Crippen molar-refractivity contribution in [2.45, 2.75) is 51.4 Å². The predicted octanol–water partition coefficient (Wildman–Crippen LogP) is 3.98. The van der Waals surface area contributed by atoms with Crippen LogP contribution in [-0.4, -0.2) is 34.0 Å². The van der Waals surface area contributed by atoms with E-state index in [1.54, 1.807) is 0 Å². The van der Waals surface area contributed by atoms with Gasteiger partial charge < -0.3 is 9.42 Å². The highest BCUT2D eigenvalue weighted by Gasteiger charge is 2.36. The second kappa shape index (κ2) is 6.62. The Hall–Kier alpha value is -2.17. The number of hydrogen-bond acceptors (Lipinski definition) is 4. The van der Waals surface area contributed by atoms with E-state index in [0.717, 1.165) is 37.8 Å². The molecule has 0 unspecified atom stereocenters. The summed E-state index contributed by atoms with van der Waals surface area (Å²) >= 11 is 0. The summed E-state index contributed by atoms with van der Waals surface area (Å²) in [6.07, 6.45) is 4.11. The molecule has 1 aromatic heterocycles. The summed E-state index contributed by atoms with van der Waals surface area (Å²) in [4.78, 5) is 18.9. The van der Waals surface area contributed by atoms with Gasteiger partial charge in [0.2, 0.25) is 17.6 Å². The molecule has 1 amide bonds. The van der Waals surface area contributed by atoms with Crippen LogP contribution in [0.1, 0.15) is 62.8 Å². The van der Waals surface area contributed by atoms with Crippen molar-refractivity contribution in [3.05, 3.63) is 35.7 Å². The lowest BCUT2D eigenvalue weighted by Crippen LogP contribution is -2.40. The summed E-state index contributed by atoms with van der Waals surface area (Å²) in [6.45, 7) is 5.94. The lowest BCUT2D eigenvalue weighted by Gasteiger charge is -2.31. The van der Waals surface area contributed by atoms with Crippen LogP contribution in [-0.2, 0) is 4.79 Å². The number of amides is 1. The van der Waals surface area contributed by atoms with Crippen LogP contribution in [0.5, 0.6) is 0 Å². The Kier molecular flexibility index (Phi) is 4.32. The van der Waals surface area contributed by atoms with Crippen LogP contribution < -0.4 is 0 Å². The third kappa shape index (κ3) is 3.46. The van der Waals surface area contributed by atoms with Crippen molar-refractivity contribution >= 4 is 5.91 Å². The van der Waals surface area contributed by atoms with Gasteiger partial charge in [-0.25, -0.2) is 0 Å². The maximum absolute atomic E-state index is 12.3. The average Bonchev–Trinajstić information content (AvgIpc) is 3.37. The van der Waals surface area contributed by atoms with Crippen molar-refractivity contribution in [2.24, 2.45) is 5.92 Å². The molecule has 1 saturated heterocycles. The molecule has 0 spiro atoms. The molecule has 1 saturated carbocycles. The fraction of sp³-hybridized carbons (Fsp3) is 0.550. The number of nitrogens with zero attached hydrogens (tertiary/aromatic N) is 3. The van der Waals surface area contributed by atoms with Crippen LogP contribution in [0.4, 0.5) is 0 Å². The lowest BCUT2D eigenvalue weighted by molar-refractivity contribution is -0.133. The van der Waals surface area contributed by atoms with E-state index in [1.165, 1.54) is 5.56 Å². The highest BCUT2D eigenvalue weighted by molar-refractivity contribution is 5.81. The first-order valence-corrected chi connectivity index (χ1v) is 9.34. The monoisotopic (exact) mass is 339 g/mol. The summed E-state index contributed by atoms with van der Waals surface area (Å²) < 4.78 is 5.54. The standard InChI is InChI=1S/C20H25N3O2/c1-13(2)14-5-7-15(8-6-14)18-21-19(25-22-18)17-4-3-11-23(12-17)20(24)16-9-10-16/h5-8,13,16-17H,3-4,9-12H2,1-2H3/t17-/m1/s1. The Morgan fingerprint density at radius 2 is 1.96 bits per heavy atom. The zero-order valence-electron chi connectivity index (χ0n) is 14.9. The Morgan fingerprint density at radius 3 is 2.64 bits per heavy atom. The molecule has 1 aliphatic heterocycles. The minimum absolute atomic E-state index is 0.160. The van der Waals surface area contributed by atoms with Crippen molar-refractivity contribution < 1.29 is 9.32 Å². The van der Waals surface area contributed by atoms with E-state index in [0.29, 0.717) is 30.1 Å². The van der Waals surface area contributed by atoms with E-state index in [1.807, 2.05) is 17.0 Å². The van der Waals surface area contributed by atoms with Crippen molar-refractivity contribution in [2.75, 3.05) is 13.1 Å². The minimum atomic E-state index is 0.160. The number of aromatic nitrogens is 2. The number of carbonyl (C=O) groups excluding carboxylic acids is 1. The molecule has 0 bridgehead atoms. The van der Waals surface area contributed by atoms with Crippen molar-refractivity contribution in [1.29, 1.82) is 0 Å². The highest BCUT2D eigenvalue weighted by atomic mass is 16.5. The Bertz CT molecular complexity index is 747. The zero-order valence-corrected chi connectivity index (χ0v) is 14.9. The Labute approximate surface area is 148 Å². The maximum atomic E-state index is 12.3. The predicted molar refractivity (Wildman–Crippen MR) is 95.1 cm³/mol. The minimum Gasteiger partial charge on any atom is -0.342 e. The van der Waals surface area contributed by atoms with Crippen molar-refractivity contribution in [3.63, 3.8) is 0 Å². The number of carbonyl (C=O) groups is 1. The average molecular weight is 339 g/mol. The normalized spacial score (nSPS) is 20.9. The van der Waals surface area contributed by atoms with Crippen LogP contribution in [0.25, 0.3) is 11.4 Å². The van der Waals surface area contributed by atoms with E-state index >= 15 is 0 Å². The number of rotatable bonds is 4. The first-order chi connectivity index (χ1) is 12.1. The fourth-order valence-corrected chi connectivity index (χ4v) is 3.50. The van der Waals surface area contributed by atoms with Crippen LogP contribution >= 0.6 is 0 Å². The van der Waals surface area contributed by atoms with Gasteiger partial charge in [0.25, 0.3) is 0 Å². The molecule has 2 fully saturated rings. The second-order valence-corrected chi connectivity index (χ2v) is 7.63. The molecule has 0 radical (unpaired) electrons. The second-order valence-electron chi connectivity index (χ2n) is 7.63. The molecule has 1 aromatic carbocycles. The molecule has 5 nitrogen and oxygen atoms in total. The quantitative estimate of drug-likeness (QED) is 0.845. The molecule has 2 aliphatic rings. The van der Waals surface area contributed by atoms with E-state index in [4.69, 9.17) is 4.52 Å². The molecule has 1 aliphatic carbocycles. The number of likely N-dealkylation sites (tertiary alicyclic amines) is 1. The van der Waals surface area contributed by atoms with Gasteiger partial charge in [-0.3, -0.25) is 4.79 Å². The van der Waals surface area contributed by atoms with E-state index in [9.17, 15) is 4.79 Å². The third-order valence-corrected chi connectivity index (χ3v) is 5.29. The summed E-state index contributed by atoms with van der Waals surface area (Å²) in [5, 5.41) is 4.16. The molecule has 132 valence electrons. The van der Waals surface area contributed by atoms with Gasteiger partial charge in [0.15, 0.2) is 0 Å². The molecular weight excluding hydrogens is 314 g/mol. The van der Waals surface area contributed by atoms with Gasteiger partial charge in [0, 0.05) is 24.6 Å². The molecule has 2 aromatic rings. The molecule has 2 heterocycles. The number of benzene rings is 1. The summed E-state index contributed by atoms with van der Waals surface area (Å²) in [6, 6.07) is 8.33. The van der Waals surface area contributed by atoms with Crippen molar-refractivity contribution in [1.82, 2.24) is 15.0 Å². The van der Waals surface area contributed by atoms with E-state index < -0.39 is 0 Å². The zero-order chi connectivity index (χ0) is 17.4. The summed E-state index contributed by atoms with van der Waals surface area (Å²) in [5.41, 5.74) is 2.27. The van der Waals surface area contributed by atoms with Gasteiger partial charge in [0.05, 0.1) is 5.92 Å². The van der Waals surface area contributed by atoms with Gasteiger partial charge in [-0.2, -0.15) is 4.98 Å². The van der Waals surface area contributed by atoms with Gasteiger partial charge in [0.1, 0.15) is 0 Å². The first kappa shape index (κ1) is 16.3. The summed E-state index contributed by atoms with van der Waals surface area (Å²) in [5.74, 6) is 2.55. The van der Waals surface area contributed by atoms with Gasteiger partial charge >= 0.3 is 0 Å². The van der Waals surface area contributed by atoms with Gasteiger partial charge in [-0.1, -0.05) is 43.3 Å². The first-order valence-electron chi connectivity index (χ1n) is 9.34. The lowest BCUT2D eigenvalue weighted by atomic mass is 9.97. The van der Waals surface area contributed by atoms with Gasteiger partial charge in [-0.15, -0.1) is 0 Å². The molecule has 0 N–H and O–H groups in total. The molecule has 25 heavy (non-hydrogen) atoms.